The van der Waals surface area contributed by atoms with Gasteiger partial charge in [0.05, 0.1) is 19.8 Å². The molecule has 1 aromatic carbocycles. The molecule has 0 heterocycles. The van der Waals surface area contributed by atoms with E-state index in [0.717, 1.165) is 51.7 Å². The average Bonchev–Trinajstić information content (AvgIpc) is 2.62. The van der Waals surface area contributed by atoms with Crippen LogP contribution in [0.3, 0.4) is 0 Å². The molecule has 0 bridgehead atoms. The van der Waals surface area contributed by atoms with Crippen molar-refractivity contribution >= 4 is 5.96 Å². The van der Waals surface area contributed by atoms with Gasteiger partial charge in [0.1, 0.15) is 0 Å². The van der Waals surface area contributed by atoms with Gasteiger partial charge in [-0.1, -0.05) is 30.3 Å². The Morgan fingerprint density at radius 3 is 2.64 bits per heavy atom. The lowest BCUT2D eigenvalue weighted by molar-refractivity contribution is 0.125. The summed E-state index contributed by atoms with van der Waals surface area (Å²) in [5.74, 6) is 0.844. The van der Waals surface area contributed by atoms with Crippen molar-refractivity contribution in [3.8, 4) is 0 Å². The molecule has 0 saturated heterocycles. The third-order valence-electron chi connectivity index (χ3n) is 3.63. The first-order valence-electron chi connectivity index (χ1n) is 9.07. The van der Waals surface area contributed by atoms with Gasteiger partial charge in [-0.15, -0.1) is 0 Å². The molecule has 2 N–H and O–H groups in total. The van der Waals surface area contributed by atoms with E-state index in [1.54, 1.807) is 7.11 Å². The minimum absolute atomic E-state index is 0.641. The van der Waals surface area contributed by atoms with Crippen molar-refractivity contribution in [1.82, 2.24) is 15.5 Å². The maximum absolute atomic E-state index is 5.68. The zero-order chi connectivity index (χ0) is 18.2. The summed E-state index contributed by atoms with van der Waals surface area (Å²) >= 11 is 0. The van der Waals surface area contributed by atoms with Gasteiger partial charge in [-0.05, 0) is 26.0 Å². The van der Waals surface area contributed by atoms with Crippen molar-refractivity contribution in [3.05, 3.63) is 35.9 Å². The second-order valence-electron chi connectivity index (χ2n) is 5.88. The minimum Gasteiger partial charge on any atom is -0.385 e. The molecule has 0 aliphatic heterocycles. The highest BCUT2D eigenvalue weighted by Crippen LogP contribution is 1.99. The Labute approximate surface area is 152 Å². The van der Waals surface area contributed by atoms with Crippen LogP contribution in [0.5, 0.6) is 0 Å². The van der Waals surface area contributed by atoms with Gasteiger partial charge in [-0.2, -0.15) is 0 Å². The third-order valence-corrected chi connectivity index (χ3v) is 3.63. The lowest BCUT2D eigenvalue weighted by Gasteiger charge is -2.16. The van der Waals surface area contributed by atoms with Gasteiger partial charge in [0.2, 0.25) is 0 Å². The SMILES string of the molecule is CCNC(=NCCN(C)CCCOC)NCCOCc1ccccc1. The van der Waals surface area contributed by atoms with E-state index in [1.165, 1.54) is 5.56 Å². The number of hydrogen-bond donors (Lipinski definition) is 2. The van der Waals surface area contributed by atoms with Crippen LogP contribution < -0.4 is 10.6 Å². The molecule has 0 radical (unpaired) electrons. The predicted octanol–water partition coefficient (Wildman–Crippen LogP) is 1.73. The highest BCUT2D eigenvalue weighted by atomic mass is 16.5. The van der Waals surface area contributed by atoms with E-state index in [4.69, 9.17) is 9.47 Å². The van der Waals surface area contributed by atoms with E-state index < -0.39 is 0 Å². The molecule has 0 aromatic heterocycles. The largest absolute Gasteiger partial charge is 0.385 e. The van der Waals surface area contributed by atoms with E-state index in [2.05, 4.69) is 46.6 Å². The number of benzene rings is 1. The molecule has 6 heteroatoms. The summed E-state index contributed by atoms with van der Waals surface area (Å²) in [6.45, 7) is 8.48. The maximum Gasteiger partial charge on any atom is 0.191 e. The van der Waals surface area contributed by atoms with Gasteiger partial charge < -0.3 is 25.0 Å². The molecule has 1 rings (SSSR count). The summed E-state index contributed by atoms with van der Waals surface area (Å²) in [5, 5.41) is 6.57. The number of nitrogens with zero attached hydrogens (tertiary/aromatic N) is 2. The highest BCUT2D eigenvalue weighted by molar-refractivity contribution is 5.79. The molecule has 25 heavy (non-hydrogen) atoms. The van der Waals surface area contributed by atoms with Crippen LogP contribution in [-0.2, 0) is 16.1 Å². The maximum atomic E-state index is 5.68. The normalized spacial score (nSPS) is 11.8. The monoisotopic (exact) mass is 350 g/mol. The van der Waals surface area contributed by atoms with Crippen LogP contribution in [0.1, 0.15) is 18.9 Å². The van der Waals surface area contributed by atoms with E-state index in [-0.39, 0.29) is 0 Å². The zero-order valence-corrected chi connectivity index (χ0v) is 16.0. The van der Waals surface area contributed by atoms with Gasteiger partial charge in [-0.25, -0.2) is 0 Å². The number of nitrogens with one attached hydrogen (secondary N) is 2. The van der Waals surface area contributed by atoms with Crippen molar-refractivity contribution in [2.45, 2.75) is 20.0 Å². The van der Waals surface area contributed by atoms with Gasteiger partial charge in [0.15, 0.2) is 5.96 Å². The number of aliphatic imine (C=N–C) groups is 1. The van der Waals surface area contributed by atoms with Gasteiger partial charge in [-0.3, -0.25) is 4.99 Å². The smallest absolute Gasteiger partial charge is 0.191 e. The lowest BCUT2D eigenvalue weighted by Crippen LogP contribution is -2.39. The Kier molecular flexibility index (Phi) is 12.6. The van der Waals surface area contributed by atoms with Crippen LogP contribution in [0.25, 0.3) is 0 Å². The topological polar surface area (TPSA) is 58.1 Å². The van der Waals surface area contributed by atoms with E-state index in [0.29, 0.717) is 13.2 Å². The third kappa shape index (κ3) is 11.5. The number of guanidine groups is 1. The summed E-state index contributed by atoms with van der Waals surface area (Å²) < 4.78 is 10.8. The summed E-state index contributed by atoms with van der Waals surface area (Å²) in [7, 11) is 3.85. The predicted molar refractivity (Wildman–Crippen MR) is 104 cm³/mol. The molecule has 6 nitrogen and oxygen atoms in total. The molecular weight excluding hydrogens is 316 g/mol. The number of ether oxygens (including phenoxy) is 2. The summed E-state index contributed by atoms with van der Waals surface area (Å²) in [6.07, 6.45) is 1.05. The standard InChI is InChI=1S/C19H34N4O2/c1-4-20-19(21-11-14-23(2)13-8-15-24-3)22-12-16-25-17-18-9-6-5-7-10-18/h5-7,9-10H,4,8,11-17H2,1-3H3,(H2,20,21,22). The lowest BCUT2D eigenvalue weighted by atomic mass is 10.2. The van der Waals surface area contributed by atoms with Crippen LogP contribution >= 0.6 is 0 Å². The summed E-state index contributed by atoms with van der Waals surface area (Å²) in [4.78, 5) is 6.88. The molecular formula is C19H34N4O2. The first-order valence-corrected chi connectivity index (χ1v) is 9.07. The quantitative estimate of drug-likeness (QED) is 0.322. The van der Waals surface area contributed by atoms with Crippen LogP contribution in [0, 0.1) is 0 Å². The molecule has 0 fully saturated rings. The first kappa shape index (κ1) is 21.4. The van der Waals surface area contributed by atoms with Crippen molar-refractivity contribution in [2.24, 2.45) is 4.99 Å². The summed E-state index contributed by atoms with van der Waals surface area (Å²) in [5.41, 5.74) is 1.19. The Bertz CT molecular complexity index is 454. The molecule has 142 valence electrons. The fourth-order valence-corrected chi connectivity index (χ4v) is 2.27. The minimum atomic E-state index is 0.641. The van der Waals surface area contributed by atoms with Crippen molar-refractivity contribution < 1.29 is 9.47 Å². The molecule has 0 unspecified atom stereocenters. The molecule has 0 aliphatic rings. The number of likely N-dealkylation sites (N-methyl/N-ethyl adjacent to an activating group) is 1. The highest BCUT2D eigenvalue weighted by Gasteiger charge is 2.00. The molecule has 0 aliphatic carbocycles. The average molecular weight is 351 g/mol. The second kappa shape index (κ2) is 14.7. The molecule has 0 amide bonds. The van der Waals surface area contributed by atoms with Crippen LogP contribution in [0.4, 0.5) is 0 Å². The molecule has 0 spiro atoms. The van der Waals surface area contributed by atoms with E-state index in [1.807, 2.05) is 18.2 Å². The molecule has 1 aromatic rings. The molecule has 0 atom stereocenters. The van der Waals surface area contributed by atoms with Gasteiger partial charge >= 0.3 is 0 Å². The number of methoxy groups -OCH3 is 1. The van der Waals surface area contributed by atoms with E-state index in [9.17, 15) is 0 Å². The Morgan fingerprint density at radius 2 is 1.92 bits per heavy atom. The van der Waals surface area contributed by atoms with Crippen molar-refractivity contribution in [2.75, 3.05) is 60.1 Å². The van der Waals surface area contributed by atoms with E-state index >= 15 is 0 Å². The Balaban J connectivity index is 2.17. The number of rotatable bonds is 13. The Hall–Kier alpha value is -1.63. The Morgan fingerprint density at radius 1 is 1.12 bits per heavy atom. The number of hydrogen-bond acceptors (Lipinski definition) is 4. The van der Waals surface area contributed by atoms with Gasteiger partial charge in [0.25, 0.3) is 0 Å². The molecule has 0 saturated carbocycles. The van der Waals surface area contributed by atoms with Crippen LogP contribution in [-0.4, -0.2) is 71.0 Å². The van der Waals surface area contributed by atoms with Crippen molar-refractivity contribution in [3.63, 3.8) is 0 Å². The van der Waals surface area contributed by atoms with Gasteiger partial charge in [0, 0.05) is 39.9 Å². The van der Waals surface area contributed by atoms with Crippen LogP contribution in [0.2, 0.25) is 0 Å². The van der Waals surface area contributed by atoms with Crippen LogP contribution in [0.15, 0.2) is 35.3 Å². The first-order chi connectivity index (χ1) is 12.3. The second-order valence-corrected chi connectivity index (χ2v) is 5.88. The summed E-state index contributed by atoms with van der Waals surface area (Å²) in [6, 6.07) is 10.2. The van der Waals surface area contributed by atoms with Crippen molar-refractivity contribution in [1.29, 1.82) is 0 Å². The zero-order valence-electron chi connectivity index (χ0n) is 16.0. The fraction of sp³-hybridized carbons (Fsp3) is 0.632. The fourth-order valence-electron chi connectivity index (χ4n) is 2.27.